The Morgan fingerprint density at radius 2 is 1.85 bits per heavy atom. The molecule has 2 heterocycles. The number of pyridine rings is 1. The summed E-state index contributed by atoms with van der Waals surface area (Å²) < 4.78 is 0. The first-order valence-corrected chi connectivity index (χ1v) is 8.16. The lowest BCUT2D eigenvalue weighted by Crippen LogP contribution is -2.27. The van der Waals surface area contributed by atoms with E-state index in [1.54, 1.807) is 0 Å². The molecule has 1 aromatic rings. The lowest BCUT2D eigenvalue weighted by molar-refractivity contribution is 0.546. The van der Waals surface area contributed by atoms with Crippen molar-refractivity contribution < 1.29 is 0 Å². The van der Waals surface area contributed by atoms with Gasteiger partial charge in [-0.25, -0.2) is 0 Å². The predicted molar refractivity (Wildman–Crippen MR) is 86.1 cm³/mol. The number of aromatic nitrogens is 1. The Labute approximate surface area is 123 Å². The van der Waals surface area contributed by atoms with Gasteiger partial charge in [0.05, 0.1) is 5.69 Å². The molecule has 0 saturated carbocycles. The Morgan fingerprint density at radius 3 is 2.55 bits per heavy atom. The standard InChI is InChI=1S/C17H29N3/c1-15(2)13-18-14-16-12-17(8-9-19-16)20-10-6-4-3-5-7-11-20/h8-9,12,15,18H,3-7,10-11,13-14H2,1-2H3. The molecule has 3 heteroatoms. The molecule has 0 bridgehead atoms. The maximum Gasteiger partial charge on any atom is 0.0562 e. The Kier molecular flexibility index (Phi) is 6.31. The van der Waals surface area contributed by atoms with Gasteiger partial charge in [-0.05, 0) is 37.4 Å². The predicted octanol–water partition coefficient (Wildman–Crippen LogP) is 3.60. The number of hydrogen-bond acceptors (Lipinski definition) is 3. The minimum atomic E-state index is 0.688. The van der Waals surface area contributed by atoms with Crippen molar-refractivity contribution >= 4 is 5.69 Å². The third kappa shape index (κ3) is 5.12. The number of rotatable bonds is 5. The fourth-order valence-electron chi connectivity index (χ4n) is 2.75. The smallest absolute Gasteiger partial charge is 0.0562 e. The molecule has 1 fully saturated rings. The maximum atomic E-state index is 4.48. The average molecular weight is 275 g/mol. The van der Waals surface area contributed by atoms with Gasteiger partial charge >= 0.3 is 0 Å². The van der Waals surface area contributed by atoms with E-state index in [9.17, 15) is 0 Å². The zero-order valence-electron chi connectivity index (χ0n) is 13.1. The van der Waals surface area contributed by atoms with Crippen molar-refractivity contribution in [2.24, 2.45) is 5.92 Å². The SMILES string of the molecule is CC(C)CNCc1cc(N2CCCCCCC2)ccn1. The highest BCUT2D eigenvalue weighted by atomic mass is 15.1. The first-order chi connectivity index (χ1) is 9.75. The van der Waals surface area contributed by atoms with Gasteiger partial charge in [0.25, 0.3) is 0 Å². The van der Waals surface area contributed by atoms with Crippen molar-refractivity contribution in [2.45, 2.75) is 52.5 Å². The first kappa shape index (κ1) is 15.3. The molecule has 0 spiro atoms. The van der Waals surface area contributed by atoms with Crippen LogP contribution in [0.15, 0.2) is 18.3 Å². The molecule has 0 radical (unpaired) electrons. The molecular formula is C17H29N3. The largest absolute Gasteiger partial charge is 0.371 e. The van der Waals surface area contributed by atoms with Gasteiger partial charge in [0, 0.05) is 31.5 Å². The summed E-state index contributed by atoms with van der Waals surface area (Å²) >= 11 is 0. The molecule has 3 nitrogen and oxygen atoms in total. The van der Waals surface area contributed by atoms with E-state index in [1.165, 1.54) is 50.9 Å². The summed E-state index contributed by atoms with van der Waals surface area (Å²) in [5, 5.41) is 3.47. The van der Waals surface area contributed by atoms with E-state index in [1.807, 2.05) is 6.20 Å². The Hall–Kier alpha value is -1.09. The molecule has 1 aliphatic rings. The van der Waals surface area contributed by atoms with Gasteiger partial charge in [-0.3, -0.25) is 4.98 Å². The van der Waals surface area contributed by atoms with E-state index in [4.69, 9.17) is 0 Å². The van der Waals surface area contributed by atoms with Crippen LogP contribution in [0.3, 0.4) is 0 Å². The summed E-state index contributed by atoms with van der Waals surface area (Å²) in [6, 6.07) is 4.42. The van der Waals surface area contributed by atoms with Crippen molar-refractivity contribution in [3.8, 4) is 0 Å². The van der Waals surface area contributed by atoms with E-state index in [-0.39, 0.29) is 0 Å². The van der Waals surface area contributed by atoms with E-state index in [2.05, 4.69) is 41.2 Å². The topological polar surface area (TPSA) is 28.2 Å². The highest BCUT2D eigenvalue weighted by molar-refractivity contribution is 5.46. The van der Waals surface area contributed by atoms with Crippen LogP contribution in [0.4, 0.5) is 5.69 Å². The van der Waals surface area contributed by atoms with Crippen LogP contribution in [0.5, 0.6) is 0 Å². The molecule has 1 aliphatic heterocycles. The number of nitrogens with one attached hydrogen (secondary N) is 1. The normalized spacial score (nSPS) is 17.1. The fraction of sp³-hybridized carbons (Fsp3) is 0.706. The minimum Gasteiger partial charge on any atom is -0.371 e. The van der Waals surface area contributed by atoms with E-state index in [0.717, 1.165) is 18.8 Å². The summed E-state index contributed by atoms with van der Waals surface area (Å²) in [7, 11) is 0. The van der Waals surface area contributed by atoms with Crippen molar-refractivity contribution in [2.75, 3.05) is 24.5 Å². The molecule has 0 aliphatic carbocycles. The second kappa shape index (κ2) is 8.25. The summed E-state index contributed by atoms with van der Waals surface area (Å²) in [6.45, 7) is 8.79. The molecular weight excluding hydrogens is 246 g/mol. The molecule has 0 atom stereocenters. The zero-order chi connectivity index (χ0) is 14.2. The van der Waals surface area contributed by atoms with Gasteiger partial charge in [0.1, 0.15) is 0 Å². The Bertz CT molecular complexity index is 382. The molecule has 20 heavy (non-hydrogen) atoms. The Morgan fingerprint density at radius 1 is 1.15 bits per heavy atom. The monoisotopic (exact) mass is 275 g/mol. The molecule has 112 valence electrons. The molecule has 1 saturated heterocycles. The lowest BCUT2D eigenvalue weighted by Gasteiger charge is -2.27. The Balaban J connectivity index is 1.93. The van der Waals surface area contributed by atoms with Crippen molar-refractivity contribution in [1.82, 2.24) is 10.3 Å². The van der Waals surface area contributed by atoms with E-state index in [0.29, 0.717) is 5.92 Å². The summed E-state index contributed by atoms with van der Waals surface area (Å²) in [6.07, 6.45) is 8.77. The summed E-state index contributed by atoms with van der Waals surface area (Å²) in [5.74, 6) is 0.688. The number of nitrogens with zero attached hydrogens (tertiary/aromatic N) is 2. The number of hydrogen-bond donors (Lipinski definition) is 1. The van der Waals surface area contributed by atoms with Gasteiger partial charge < -0.3 is 10.2 Å². The van der Waals surface area contributed by atoms with E-state index < -0.39 is 0 Å². The van der Waals surface area contributed by atoms with Gasteiger partial charge in [-0.1, -0.05) is 33.1 Å². The van der Waals surface area contributed by atoms with Crippen LogP contribution in [0.1, 0.15) is 51.6 Å². The average Bonchev–Trinajstić information content (AvgIpc) is 2.38. The zero-order valence-corrected chi connectivity index (χ0v) is 13.1. The molecule has 0 aromatic carbocycles. The van der Waals surface area contributed by atoms with Gasteiger partial charge in [0.15, 0.2) is 0 Å². The molecule has 1 N–H and O–H groups in total. The third-order valence-electron chi connectivity index (χ3n) is 3.88. The quantitative estimate of drug-likeness (QED) is 0.890. The van der Waals surface area contributed by atoms with Crippen LogP contribution in [-0.4, -0.2) is 24.6 Å². The van der Waals surface area contributed by atoms with Crippen LogP contribution in [0, 0.1) is 5.92 Å². The fourth-order valence-corrected chi connectivity index (χ4v) is 2.75. The minimum absolute atomic E-state index is 0.688. The summed E-state index contributed by atoms with van der Waals surface area (Å²) in [4.78, 5) is 7.02. The lowest BCUT2D eigenvalue weighted by atomic mass is 10.1. The van der Waals surface area contributed by atoms with Crippen LogP contribution >= 0.6 is 0 Å². The highest BCUT2D eigenvalue weighted by Gasteiger charge is 2.09. The molecule has 0 amide bonds. The van der Waals surface area contributed by atoms with Crippen LogP contribution < -0.4 is 10.2 Å². The molecule has 1 aromatic heterocycles. The second-order valence-corrected chi connectivity index (χ2v) is 6.28. The number of anilines is 1. The van der Waals surface area contributed by atoms with Crippen molar-refractivity contribution in [1.29, 1.82) is 0 Å². The molecule has 2 rings (SSSR count). The molecule has 0 unspecified atom stereocenters. The van der Waals surface area contributed by atoms with Crippen molar-refractivity contribution in [3.05, 3.63) is 24.0 Å². The van der Waals surface area contributed by atoms with Gasteiger partial charge in [0.2, 0.25) is 0 Å². The van der Waals surface area contributed by atoms with Gasteiger partial charge in [-0.15, -0.1) is 0 Å². The third-order valence-corrected chi connectivity index (χ3v) is 3.88. The van der Waals surface area contributed by atoms with Gasteiger partial charge in [-0.2, -0.15) is 0 Å². The van der Waals surface area contributed by atoms with E-state index >= 15 is 0 Å². The maximum absolute atomic E-state index is 4.48. The van der Waals surface area contributed by atoms with Crippen LogP contribution in [0.25, 0.3) is 0 Å². The van der Waals surface area contributed by atoms with Crippen molar-refractivity contribution in [3.63, 3.8) is 0 Å². The van der Waals surface area contributed by atoms with Crippen LogP contribution in [0.2, 0.25) is 0 Å². The first-order valence-electron chi connectivity index (χ1n) is 8.16. The second-order valence-electron chi connectivity index (χ2n) is 6.28. The highest BCUT2D eigenvalue weighted by Crippen LogP contribution is 2.19. The van der Waals surface area contributed by atoms with Crippen LogP contribution in [-0.2, 0) is 6.54 Å². The summed E-state index contributed by atoms with van der Waals surface area (Å²) in [5.41, 5.74) is 2.51.